The van der Waals surface area contributed by atoms with Gasteiger partial charge in [0, 0.05) is 16.9 Å². The highest BCUT2D eigenvalue weighted by Crippen LogP contribution is 2.32. The van der Waals surface area contributed by atoms with Crippen molar-refractivity contribution in [3.63, 3.8) is 0 Å². The summed E-state index contributed by atoms with van der Waals surface area (Å²) in [5.74, 6) is 0.0255. The van der Waals surface area contributed by atoms with E-state index in [2.05, 4.69) is 4.74 Å². The van der Waals surface area contributed by atoms with Gasteiger partial charge in [0.25, 0.3) is 0 Å². The second-order valence-corrected chi connectivity index (χ2v) is 4.05. The molecular formula is C11H12F2O2S. The normalized spacial score (nSPS) is 10.6. The fourth-order valence-electron chi connectivity index (χ4n) is 1.35. The summed E-state index contributed by atoms with van der Waals surface area (Å²) in [7, 11) is 0. The van der Waals surface area contributed by atoms with Gasteiger partial charge in [0.1, 0.15) is 11.5 Å². The number of thioether (sulfide) groups is 1. The van der Waals surface area contributed by atoms with Crippen LogP contribution in [0.3, 0.4) is 0 Å². The summed E-state index contributed by atoms with van der Waals surface area (Å²) >= 11 is 1.31. The number of halogens is 2. The van der Waals surface area contributed by atoms with Gasteiger partial charge in [-0.25, -0.2) is 0 Å². The van der Waals surface area contributed by atoms with Gasteiger partial charge >= 0.3 is 6.61 Å². The molecule has 5 heteroatoms. The molecule has 0 atom stereocenters. The van der Waals surface area contributed by atoms with Crippen LogP contribution < -0.4 is 4.74 Å². The molecule has 0 aliphatic carbocycles. The Balaban J connectivity index is 3.09. The van der Waals surface area contributed by atoms with Gasteiger partial charge < -0.3 is 4.74 Å². The SMILES string of the molecule is CSc1cccc(CC(C)=O)c1OC(F)F. The zero-order valence-electron chi connectivity index (χ0n) is 9.00. The molecule has 88 valence electrons. The van der Waals surface area contributed by atoms with Crippen molar-refractivity contribution in [1.82, 2.24) is 0 Å². The quantitative estimate of drug-likeness (QED) is 0.746. The third-order valence-corrected chi connectivity index (χ3v) is 2.69. The molecule has 0 fully saturated rings. The predicted molar refractivity (Wildman–Crippen MR) is 59.2 cm³/mol. The number of hydrogen-bond donors (Lipinski definition) is 0. The molecule has 0 amide bonds. The number of para-hydroxylation sites is 1. The molecule has 0 radical (unpaired) electrons. The lowest BCUT2D eigenvalue weighted by atomic mass is 10.1. The van der Waals surface area contributed by atoms with E-state index >= 15 is 0 Å². The maximum absolute atomic E-state index is 12.2. The number of alkyl halides is 2. The molecule has 1 aromatic carbocycles. The summed E-state index contributed by atoms with van der Waals surface area (Å²) < 4.78 is 28.9. The van der Waals surface area contributed by atoms with E-state index < -0.39 is 6.61 Å². The van der Waals surface area contributed by atoms with Gasteiger partial charge in [0.05, 0.1) is 0 Å². The van der Waals surface area contributed by atoms with E-state index in [1.54, 1.807) is 24.5 Å². The lowest BCUT2D eigenvalue weighted by Gasteiger charge is -2.13. The van der Waals surface area contributed by atoms with Crippen molar-refractivity contribution in [1.29, 1.82) is 0 Å². The minimum absolute atomic E-state index is 0.0858. The van der Waals surface area contributed by atoms with Crippen LogP contribution in [0.1, 0.15) is 12.5 Å². The monoisotopic (exact) mass is 246 g/mol. The first-order chi connectivity index (χ1) is 7.54. The first-order valence-corrected chi connectivity index (χ1v) is 5.87. The minimum Gasteiger partial charge on any atom is -0.433 e. The van der Waals surface area contributed by atoms with Gasteiger partial charge in [-0.3, -0.25) is 4.79 Å². The highest BCUT2D eigenvalue weighted by molar-refractivity contribution is 7.98. The van der Waals surface area contributed by atoms with Gasteiger partial charge in [-0.2, -0.15) is 8.78 Å². The van der Waals surface area contributed by atoms with Crippen LogP contribution in [-0.2, 0) is 11.2 Å². The van der Waals surface area contributed by atoms with E-state index in [-0.39, 0.29) is 18.0 Å². The topological polar surface area (TPSA) is 26.3 Å². The summed E-state index contributed by atoms with van der Waals surface area (Å²) in [6.45, 7) is -1.46. The van der Waals surface area contributed by atoms with Crippen molar-refractivity contribution >= 4 is 17.5 Å². The van der Waals surface area contributed by atoms with Crippen LogP contribution in [0.4, 0.5) is 8.78 Å². The van der Waals surface area contributed by atoms with Crippen molar-refractivity contribution in [2.24, 2.45) is 0 Å². The van der Waals surface area contributed by atoms with Crippen LogP contribution in [-0.4, -0.2) is 18.7 Å². The van der Waals surface area contributed by atoms with Crippen molar-refractivity contribution in [3.8, 4) is 5.75 Å². The fourth-order valence-corrected chi connectivity index (χ4v) is 1.93. The smallest absolute Gasteiger partial charge is 0.387 e. The Labute approximate surface area is 97.0 Å². The van der Waals surface area contributed by atoms with Gasteiger partial charge in [0.2, 0.25) is 0 Å². The minimum atomic E-state index is -2.88. The number of ether oxygens (including phenoxy) is 1. The molecule has 0 unspecified atom stereocenters. The Bertz CT molecular complexity index is 380. The number of rotatable bonds is 5. The summed E-state index contributed by atoms with van der Waals surface area (Å²) in [5.41, 5.74) is 0.500. The van der Waals surface area contributed by atoms with Crippen LogP contribution in [0.2, 0.25) is 0 Å². The molecular weight excluding hydrogens is 234 g/mol. The Kier molecular flexibility index (Phi) is 4.73. The van der Waals surface area contributed by atoms with Crippen LogP contribution >= 0.6 is 11.8 Å². The van der Waals surface area contributed by atoms with E-state index in [9.17, 15) is 13.6 Å². The second-order valence-electron chi connectivity index (χ2n) is 3.21. The summed E-state index contributed by atoms with van der Waals surface area (Å²) in [4.78, 5) is 11.6. The number of ketones is 1. The Morgan fingerprint density at radius 2 is 2.19 bits per heavy atom. The van der Waals surface area contributed by atoms with Gasteiger partial charge in [-0.1, -0.05) is 12.1 Å². The molecule has 0 heterocycles. The first kappa shape index (κ1) is 13.0. The van der Waals surface area contributed by atoms with Crippen molar-refractivity contribution in [2.75, 3.05) is 6.26 Å². The average Bonchev–Trinajstić information content (AvgIpc) is 2.19. The Morgan fingerprint density at radius 3 is 2.69 bits per heavy atom. The summed E-state index contributed by atoms with van der Waals surface area (Å²) in [6.07, 6.45) is 1.88. The number of Topliss-reactive ketones (excluding diaryl/α,β-unsaturated/α-hetero) is 1. The van der Waals surface area contributed by atoms with Crippen molar-refractivity contribution < 1.29 is 18.3 Å². The molecule has 16 heavy (non-hydrogen) atoms. The van der Waals surface area contributed by atoms with E-state index in [0.29, 0.717) is 10.5 Å². The number of carbonyl (C=O) groups excluding carboxylic acids is 1. The predicted octanol–water partition coefficient (Wildman–Crippen LogP) is 3.14. The van der Waals surface area contributed by atoms with E-state index in [4.69, 9.17) is 0 Å². The molecule has 0 aromatic heterocycles. The largest absolute Gasteiger partial charge is 0.433 e. The van der Waals surface area contributed by atoms with Crippen molar-refractivity contribution in [3.05, 3.63) is 23.8 Å². The van der Waals surface area contributed by atoms with Crippen LogP contribution in [0, 0.1) is 0 Å². The Morgan fingerprint density at radius 1 is 1.50 bits per heavy atom. The third-order valence-electron chi connectivity index (χ3n) is 1.93. The first-order valence-electron chi connectivity index (χ1n) is 4.64. The van der Waals surface area contributed by atoms with Crippen LogP contribution in [0.15, 0.2) is 23.1 Å². The molecule has 0 bridgehead atoms. The zero-order chi connectivity index (χ0) is 12.1. The summed E-state index contributed by atoms with van der Waals surface area (Å²) in [6, 6.07) is 5.04. The molecule has 0 aliphatic rings. The maximum atomic E-state index is 12.2. The van der Waals surface area contributed by atoms with E-state index in [1.165, 1.54) is 18.7 Å². The lowest BCUT2D eigenvalue weighted by molar-refractivity contribution is -0.116. The van der Waals surface area contributed by atoms with Gasteiger partial charge in [0.15, 0.2) is 0 Å². The van der Waals surface area contributed by atoms with Gasteiger partial charge in [-0.15, -0.1) is 11.8 Å². The van der Waals surface area contributed by atoms with Crippen molar-refractivity contribution in [2.45, 2.75) is 24.9 Å². The maximum Gasteiger partial charge on any atom is 0.387 e. The van der Waals surface area contributed by atoms with Crippen LogP contribution in [0.5, 0.6) is 5.75 Å². The molecule has 0 N–H and O–H groups in total. The molecule has 1 rings (SSSR count). The molecule has 2 nitrogen and oxygen atoms in total. The molecule has 0 spiro atoms. The molecule has 0 saturated carbocycles. The average molecular weight is 246 g/mol. The highest BCUT2D eigenvalue weighted by atomic mass is 32.2. The standard InChI is InChI=1S/C11H12F2O2S/c1-7(14)6-8-4-3-5-9(16-2)10(8)15-11(12)13/h3-5,11H,6H2,1-2H3. The van der Waals surface area contributed by atoms with Crippen LogP contribution in [0.25, 0.3) is 0 Å². The molecule has 0 aliphatic heterocycles. The summed E-state index contributed by atoms with van der Waals surface area (Å²) in [5, 5.41) is 0. The van der Waals surface area contributed by atoms with E-state index in [1.807, 2.05) is 0 Å². The van der Waals surface area contributed by atoms with E-state index in [0.717, 1.165) is 0 Å². The number of carbonyl (C=O) groups is 1. The fraction of sp³-hybridized carbons (Fsp3) is 0.364. The second kappa shape index (κ2) is 5.84. The highest BCUT2D eigenvalue weighted by Gasteiger charge is 2.14. The lowest BCUT2D eigenvalue weighted by Crippen LogP contribution is -2.07. The molecule has 0 saturated heterocycles. The Hall–Kier alpha value is -1.10. The van der Waals surface area contributed by atoms with Gasteiger partial charge in [-0.05, 0) is 19.2 Å². The number of benzene rings is 1. The number of hydrogen-bond acceptors (Lipinski definition) is 3. The molecule has 1 aromatic rings. The third kappa shape index (κ3) is 3.48. The zero-order valence-corrected chi connectivity index (χ0v) is 9.81.